The molecule has 0 unspecified atom stereocenters. The molecule has 6 heterocycles. The van der Waals surface area contributed by atoms with Crippen LogP contribution >= 0.6 is 34.0 Å². The number of aromatic nitrogens is 3. The Kier molecular flexibility index (Phi) is 36.5. The first kappa shape index (κ1) is 97.6. The number of pyridine rings is 3. The van der Waals surface area contributed by atoms with Crippen LogP contribution in [-0.4, -0.2) is 47.6 Å². The SMILES string of the molecule is CC(=O)C=C(C)O.CC(=O)C=C(C)O.CC(=O)C=C(C)O.CC(C)(C)c1ccc(-c2cc3nc(-c4[c-]ccc(-c5ccccc5)c4)ccc3s2)cc1.CC(C)c1cc(-c2cc3nc(-c4[c-]ccc(-c5ccccc5)c4)ccc3s2)cc(C(C)C)c1.Cc1cccc(C)c1-c1ccc(-c2cc3nc(-c4[c-]ccc(-c5ccccc5)c4)ccc3s2)cc1.[Ir].[Ir].[Ir]. The zero-order valence-electron chi connectivity index (χ0n) is 71.7. The summed E-state index contributed by atoms with van der Waals surface area (Å²) in [5.74, 6) is 0.829. The van der Waals surface area contributed by atoms with Crippen molar-refractivity contribution in [1.29, 1.82) is 0 Å². The number of carbonyl (C=O) groups excluding carboxylic acids is 3. The second-order valence-electron chi connectivity index (χ2n) is 31.2. The molecule has 16 aromatic rings. The molecule has 631 valence electrons. The molecular weight excluding hydrogens is 2110 g/mol. The van der Waals surface area contributed by atoms with Crippen molar-refractivity contribution in [2.24, 2.45) is 0 Å². The number of thiophene rings is 3. The van der Waals surface area contributed by atoms with E-state index in [1.54, 1.807) is 22.7 Å². The van der Waals surface area contributed by atoms with Gasteiger partial charge < -0.3 is 15.3 Å². The molecule has 0 aliphatic rings. The van der Waals surface area contributed by atoms with Gasteiger partial charge in [0.2, 0.25) is 0 Å². The number of fused-ring (bicyclic) bond motifs is 3. The van der Waals surface area contributed by atoms with E-state index in [0.717, 1.165) is 50.3 Å². The Labute approximate surface area is 777 Å². The fourth-order valence-corrected chi connectivity index (χ4v) is 16.5. The normalized spacial score (nSPS) is 11.2. The van der Waals surface area contributed by atoms with E-state index < -0.39 is 0 Å². The number of aliphatic hydroxyl groups excluding tert-OH is 3. The number of aliphatic hydroxyl groups is 3. The van der Waals surface area contributed by atoms with Crippen LogP contribution < -0.4 is 0 Å². The van der Waals surface area contributed by atoms with Crippen LogP contribution in [0.1, 0.15) is 130 Å². The molecular formula is C108H100Ir3N3O6S3-3. The third-order valence-corrected chi connectivity index (χ3v) is 22.9. The molecule has 0 fully saturated rings. The molecule has 0 aliphatic carbocycles. The summed E-state index contributed by atoms with van der Waals surface area (Å²) in [6, 6.07) is 111. The van der Waals surface area contributed by atoms with Gasteiger partial charge in [0.1, 0.15) is 0 Å². The average Bonchev–Trinajstić information content (AvgIpc) is 1.70. The molecule has 0 saturated heterocycles. The van der Waals surface area contributed by atoms with Gasteiger partial charge in [-0.1, -0.05) is 243 Å². The van der Waals surface area contributed by atoms with Crippen LogP contribution in [-0.2, 0) is 80.1 Å². The molecule has 10 aromatic carbocycles. The van der Waals surface area contributed by atoms with Crippen LogP contribution in [0.3, 0.4) is 0 Å². The summed E-state index contributed by atoms with van der Waals surface area (Å²) < 4.78 is 3.62. The van der Waals surface area contributed by atoms with Crippen molar-refractivity contribution >= 4 is 82.0 Å². The van der Waals surface area contributed by atoms with Gasteiger partial charge in [-0.3, -0.25) is 29.3 Å². The van der Waals surface area contributed by atoms with E-state index in [-0.39, 0.29) is 100 Å². The van der Waals surface area contributed by atoms with E-state index in [1.807, 2.05) is 47.7 Å². The number of ketones is 3. The molecule has 15 heteroatoms. The van der Waals surface area contributed by atoms with Crippen LogP contribution in [0.2, 0.25) is 0 Å². The zero-order valence-corrected chi connectivity index (χ0v) is 81.3. The van der Waals surface area contributed by atoms with Crippen LogP contribution in [0.25, 0.3) is 140 Å². The van der Waals surface area contributed by atoms with Crippen molar-refractivity contribution in [1.82, 2.24) is 15.0 Å². The summed E-state index contributed by atoms with van der Waals surface area (Å²) in [5, 5.41) is 25.1. The van der Waals surface area contributed by atoms with Gasteiger partial charge >= 0.3 is 0 Å². The van der Waals surface area contributed by atoms with Crippen molar-refractivity contribution in [2.45, 2.75) is 121 Å². The van der Waals surface area contributed by atoms with Crippen LogP contribution in [0, 0.1) is 32.0 Å². The Hall–Kier alpha value is -10.9. The van der Waals surface area contributed by atoms with Gasteiger partial charge in [0, 0.05) is 93.2 Å². The topological polar surface area (TPSA) is 151 Å². The Bertz CT molecular complexity index is 6220. The average molecular weight is 2210 g/mol. The Morgan fingerprint density at radius 1 is 0.333 bits per heavy atom. The molecule has 3 radical (unpaired) electrons. The summed E-state index contributed by atoms with van der Waals surface area (Å²) in [7, 11) is 0. The number of hydrogen-bond acceptors (Lipinski definition) is 12. The molecule has 9 nitrogen and oxygen atoms in total. The molecule has 0 saturated carbocycles. The smallest absolute Gasteiger partial charge is 0.155 e. The fraction of sp³-hybridized carbons (Fsp3) is 0.167. The maximum absolute atomic E-state index is 10.0. The van der Waals surface area contributed by atoms with Crippen LogP contribution in [0.4, 0.5) is 0 Å². The molecule has 0 amide bonds. The Morgan fingerprint density at radius 2 is 0.634 bits per heavy atom. The number of benzene rings is 10. The maximum Gasteiger partial charge on any atom is 0.155 e. The van der Waals surface area contributed by atoms with Crippen molar-refractivity contribution in [3.05, 3.63) is 367 Å². The third kappa shape index (κ3) is 27.8. The second kappa shape index (κ2) is 46.0. The van der Waals surface area contributed by atoms with E-state index >= 15 is 0 Å². The maximum atomic E-state index is 10.0. The van der Waals surface area contributed by atoms with Gasteiger partial charge in [-0.15, -0.1) is 140 Å². The fourth-order valence-electron chi connectivity index (χ4n) is 13.5. The molecule has 16 rings (SSSR count). The quantitative estimate of drug-likeness (QED) is 0.0518. The minimum atomic E-state index is -0.125. The molecule has 3 N–H and O–H groups in total. The van der Waals surface area contributed by atoms with Gasteiger partial charge in [-0.05, 0) is 198 Å². The molecule has 0 aliphatic heterocycles. The number of allylic oxidation sites excluding steroid dienone is 6. The number of rotatable bonds is 15. The monoisotopic (exact) mass is 2210 g/mol. The third-order valence-electron chi connectivity index (χ3n) is 19.5. The Balaban J connectivity index is 0.000000202. The predicted molar refractivity (Wildman–Crippen MR) is 507 cm³/mol. The molecule has 6 aromatic heterocycles. The number of aryl methyl sites for hydroxylation is 2. The van der Waals surface area contributed by atoms with E-state index in [4.69, 9.17) is 30.3 Å². The first-order chi connectivity index (χ1) is 57.5. The van der Waals surface area contributed by atoms with Crippen molar-refractivity contribution in [3.63, 3.8) is 0 Å². The summed E-state index contributed by atoms with van der Waals surface area (Å²) in [6.45, 7) is 28.7. The number of nitrogens with zero attached hydrogens (tertiary/aromatic N) is 3. The standard InChI is InChI=1S/C33H24NS.C31H28NS.C29H24NS.3C5H8O2.3Ir/c1-22-8-6-9-23(2)33(22)26-16-14-25(15-17-26)32-21-30-31(35-32)19-18-29(34-30)28-13-7-12-27(20-28)24-10-4-3-5-11-24;1-20(2)25-16-26(21(3)4)18-27(17-25)31-19-29-30(33-31)14-13-28(32-29)24-12-8-11-23(15-24)22-9-6-5-7-10-22;1-29(2,3)24-14-12-21(13-15-24)28-19-26-27(31-28)17-16-25(30-26)23-11-7-10-22(18-23)20-8-5-4-6-9-20;3*1-4(6)3-5(2)7;;;/h3-12,14-21H,1-2H3;5-11,13-21H,1-4H3;4-10,12-19H,1-3H3;3*3,6H,1-2H3;;;/q3*-1;;;;;;. The van der Waals surface area contributed by atoms with E-state index in [9.17, 15) is 14.4 Å². The van der Waals surface area contributed by atoms with Gasteiger partial charge in [-0.2, -0.15) is 0 Å². The number of carbonyl (C=O) groups is 3. The summed E-state index contributed by atoms with van der Waals surface area (Å²) in [4.78, 5) is 48.8. The summed E-state index contributed by atoms with van der Waals surface area (Å²) in [5.41, 5.74) is 29.5. The van der Waals surface area contributed by atoms with Gasteiger partial charge in [-0.25, -0.2) is 0 Å². The molecule has 0 bridgehead atoms. The zero-order chi connectivity index (χ0) is 85.7. The van der Waals surface area contributed by atoms with Gasteiger partial charge in [0.05, 0.1) is 47.9 Å². The minimum absolute atomic E-state index is 0. The Morgan fingerprint density at radius 3 is 0.919 bits per heavy atom. The van der Waals surface area contributed by atoms with Gasteiger partial charge in [0.15, 0.2) is 17.3 Å². The first-order valence-electron chi connectivity index (χ1n) is 40.0. The summed E-state index contributed by atoms with van der Waals surface area (Å²) in [6.07, 6.45) is 3.50. The van der Waals surface area contributed by atoms with E-state index in [1.165, 1.54) is 178 Å². The number of hydrogen-bond donors (Lipinski definition) is 3. The minimum Gasteiger partial charge on any atom is -0.512 e. The largest absolute Gasteiger partial charge is 0.512 e. The first-order valence-corrected chi connectivity index (χ1v) is 42.4. The van der Waals surface area contributed by atoms with E-state index in [2.05, 4.69) is 329 Å². The second-order valence-corrected chi connectivity index (χ2v) is 34.5. The van der Waals surface area contributed by atoms with E-state index in [0.29, 0.717) is 11.8 Å². The van der Waals surface area contributed by atoms with Crippen molar-refractivity contribution < 1.29 is 90.0 Å². The van der Waals surface area contributed by atoms with Crippen LogP contribution in [0.5, 0.6) is 0 Å². The predicted octanol–water partition coefficient (Wildman–Crippen LogP) is 30.2. The van der Waals surface area contributed by atoms with Gasteiger partial charge in [0.25, 0.3) is 0 Å². The summed E-state index contributed by atoms with van der Waals surface area (Å²) >= 11 is 5.41. The van der Waals surface area contributed by atoms with Crippen molar-refractivity contribution in [3.8, 4) is 110 Å². The van der Waals surface area contributed by atoms with Crippen molar-refractivity contribution in [2.75, 3.05) is 0 Å². The van der Waals surface area contributed by atoms with Crippen LogP contribution in [0.15, 0.2) is 321 Å². The molecule has 0 spiro atoms. The molecule has 123 heavy (non-hydrogen) atoms. The molecule has 0 atom stereocenters.